The van der Waals surface area contributed by atoms with E-state index in [-0.39, 0.29) is 11.9 Å². The Balaban J connectivity index is 1.54. The first kappa shape index (κ1) is 19.2. The third kappa shape index (κ3) is 4.13. The van der Waals surface area contributed by atoms with Crippen LogP contribution in [0.2, 0.25) is 0 Å². The predicted molar refractivity (Wildman–Crippen MR) is 115 cm³/mol. The van der Waals surface area contributed by atoms with Crippen molar-refractivity contribution in [2.45, 2.75) is 43.6 Å². The second-order valence-corrected chi connectivity index (χ2v) is 8.97. The van der Waals surface area contributed by atoms with Gasteiger partial charge in [-0.1, -0.05) is 36.0 Å². The van der Waals surface area contributed by atoms with E-state index in [1.807, 2.05) is 49.1 Å². The average Bonchev–Trinajstić information content (AvgIpc) is 3.36. The normalized spacial score (nSPS) is 16.5. The lowest BCUT2D eigenvalue weighted by atomic mass is 10.1. The summed E-state index contributed by atoms with van der Waals surface area (Å²) in [4.78, 5) is 25.7. The lowest BCUT2D eigenvalue weighted by Gasteiger charge is -2.25. The maximum absolute atomic E-state index is 13.4. The molecule has 0 aliphatic carbocycles. The molecule has 0 unspecified atom stereocenters. The Labute approximate surface area is 174 Å². The molecule has 1 aromatic carbocycles. The van der Waals surface area contributed by atoms with Gasteiger partial charge >= 0.3 is 0 Å². The Morgan fingerprint density at radius 3 is 2.71 bits per heavy atom. The molecular weight excluding hydrogens is 386 g/mol. The largest absolute Gasteiger partial charge is 0.331 e. The number of rotatable bonds is 5. The van der Waals surface area contributed by atoms with Crippen LogP contribution in [-0.2, 0) is 5.75 Å². The molecule has 1 aliphatic heterocycles. The van der Waals surface area contributed by atoms with Crippen molar-refractivity contribution in [3.05, 3.63) is 75.2 Å². The van der Waals surface area contributed by atoms with E-state index in [2.05, 4.69) is 27.5 Å². The van der Waals surface area contributed by atoms with Crippen LogP contribution in [0.15, 0.2) is 53.0 Å². The van der Waals surface area contributed by atoms with Crippen LogP contribution < -0.4 is 0 Å². The molecule has 0 saturated carbocycles. The number of thiophene rings is 1. The van der Waals surface area contributed by atoms with Gasteiger partial charge in [0, 0.05) is 34.1 Å². The first-order valence-corrected chi connectivity index (χ1v) is 11.4. The summed E-state index contributed by atoms with van der Waals surface area (Å²) in [5.74, 6) is 0.816. The first-order chi connectivity index (χ1) is 13.6. The van der Waals surface area contributed by atoms with Crippen molar-refractivity contribution in [3.63, 3.8) is 0 Å². The minimum atomic E-state index is 0.133. The summed E-state index contributed by atoms with van der Waals surface area (Å²) in [6, 6.07) is 14.3. The summed E-state index contributed by atoms with van der Waals surface area (Å²) in [6.45, 7) is 4.78. The third-order valence-corrected chi connectivity index (χ3v) is 6.82. The summed E-state index contributed by atoms with van der Waals surface area (Å²) in [7, 11) is 0. The number of thioether (sulfide) groups is 1. The van der Waals surface area contributed by atoms with Gasteiger partial charge in [0.25, 0.3) is 5.91 Å². The highest BCUT2D eigenvalue weighted by molar-refractivity contribution is 7.98. The van der Waals surface area contributed by atoms with Crippen LogP contribution in [0.5, 0.6) is 0 Å². The standard InChI is InChI=1S/C22H23N3OS2/c1-15-13-16(2)24-22(23-15)28-14-17-7-3-4-8-18(17)21(26)25-11-5-9-19(25)20-10-6-12-27-20/h3-4,6-8,10,12-13,19H,5,9,11,14H2,1-2H3/t19-/m0/s1. The number of benzene rings is 1. The van der Waals surface area contributed by atoms with E-state index >= 15 is 0 Å². The number of likely N-dealkylation sites (tertiary alicyclic amines) is 1. The Kier molecular flexibility index (Phi) is 5.78. The van der Waals surface area contributed by atoms with E-state index in [0.29, 0.717) is 5.75 Å². The van der Waals surface area contributed by atoms with E-state index in [0.717, 1.165) is 47.1 Å². The zero-order chi connectivity index (χ0) is 19.5. The number of carbonyl (C=O) groups is 1. The van der Waals surface area contributed by atoms with Gasteiger partial charge in [0.15, 0.2) is 5.16 Å². The van der Waals surface area contributed by atoms with E-state index < -0.39 is 0 Å². The number of hydrogen-bond acceptors (Lipinski definition) is 5. The highest BCUT2D eigenvalue weighted by Gasteiger charge is 2.32. The summed E-state index contributed by atoms with van der Waals surface area (Å²) in [5.41, 5.74) is 3.77. The molecule has 1 amide bonds. The molecular formula is C22H23N3OS2. The van der Waals surface area contributed by atoms with Crippen molar-refractivity contribution in [1.82, 2.24) is 14.9 Å². The molecule has 0 N–H and O–H groups in total. The second-order valence-electron chi connectivity index (χ2n) is 7.05. The first-order valence-electron chi connectivity index (χ1n) is 9.49. The van der Waals surface area contributed by atoms with Gasteiger partial charge in [-0.15, -0.1) is 11.3 Å². The van der Waals surface area contributed by atoms with Crippen LogP contribution in [-0.4, -0.2) is 27.3 Å². The number of hydrogen-bond donors (Lipinski definition) is 0. The summed E-state index contributed by atoms with van der Waals surface area (Å²) in [6.07, 6.45) is 2.10. The van der Waals surface area contributed by atoms with Gasteiger partial charge < -0.3 is 4.90 Å². The van der Waals surface area contributed by atoms with Crippen molar-refractivity contribution in [2.24, 2.45) is 0 Å². The number of amides is 1. The lowest BCUT2D eigenvalue weighted by molar-refractivity contribution is 0.0737. The average molecular weight is 410 g/mol. The van der Waals surface area contributed by atoms with E-state index in [1.54, 1.807) is 23.1 Å². The minimum absolute atomic E-state index is 0.133. The molecule has 1 atom stereocenters. The van der Waals surface area contributed by atoms with Crippen molar-refractivity contribution < 1.29 is 4.79 Å². The monoisotopic (exact) mass is 409 g/mol. The third-order valence-electron chi connectivity index (χ3n) is 4.95. The molecule has 0 bridgehead atoms. The van der Waals surface area contributed by atoms with Crippen molar-refractivity contribution >= 4 is 29.0 Å². The van der Waals surface area contributed by atoms with Gasteiger partial charge in [0.05, 0.1) is 6.04 Å². The quantitative estimate of drug-likeness (QED) is 0.417. The molecule has 1 aliphatic rings. The van der Waals surface area contributed by atoms with E-state index in [1.165, 1.54) is 4.88 Å². The summed E-state index contributed by atoms with van der Waals surface area (Å²) < 4.78 is 0. The maximum Gasteiger partial charge on any atom is 0.254 e. The zero-order valence-electron chi connectivity index (χ0n) is 16.1. The van der Waals surface area contributed by atoms with Crippen LogP contribution >= 0.6 is 23.1 Å². The van der Waals surface area contributed by atoms with Crippen molar-refractivity contribution in [1.29, 1.82) is 0 Å². The Bertz CT molecular complexity index is 951. The SMILES string of the molecule is Cc1cc(C)nc(SCc2ccccc2C(=O)N2CCC[C@H]2c2cccs2)n1. The topological polar surface area (TPSA) is 46.1 Å². The Morgan fingerprint density at radius 1 is 1.18 bits per heavy atom. The molecule has 4 rings (SSSR count). The number of nitrogens with zero attached hydrogens (tertiary/aromatic N) is 3. The van der Waals surface area contributed by atoms with Gasteiger partial charge in [-0.05, 0) is 55.8 Å². The summed E-state index contributed by atoms with van der Waals surface area (Å²) in [5, 5.41) is 2.85. The molecule has 144 valence electrons. The van der Waals surface area contributed by atoms with Crippen LogP contribution in [0.25, 0.3) is 0 Å². The minimum Gasteiger partial charge on any atom is -0.331 e. The number of carbonyl (C=O) groups excluding carboxylic acids is 1. The predicted octanol–water partition coefficient (Wildman–Crippen LogP) is 5.42. The van der Waals surface area contributed by atoms with Crippen LogP contribution in [0.3, 0.4) is 0 Å². The van der Waals surface area contributed by atoms with Gasteiger partial charge in [0.1, 0.15) is 0 Å². The number of aryl methyl sites for hydroxylation is 2. The fourth-order valence-electron chi connectivity index (χ4n) is 3.70. The van der Waals surface area contributed by atoms with Gasteiger partial charge in [-0.2, -0.15) is 0 Å². The smallest absolute Gasteiger partial charge is 0.254 e. The fourth-order valence-corrected chi connectivity index (χ4v) is 5.52. The van der Waals surface area contributed by atoms with Crippen LogP contribution in [0.1, 0.15) is 51.1 Å². The van der Waals surface area contributed by atoms with Gasteiger partial charge in [-0.3, -0.25) is 4.79 Å². The molecule has 3 heterocycles. The van der Waals surface area contributed by atoms with Crippen LogP contribution in [0, 0.1) is 13.8 Å². The van der Waals surface area contributed by atoms with Crippen molar-refractivity contribution in [2.75, 3.05) is 6.54 Å². The molecule has 3 aromatic rings. The fraction of sp³-hybridized carbons (Fsp3) is 0.318. The second kappa shape index (κ2) is 8.45. The number of aromatic nitrogens is 2. The molecule has 1 saturated heterocycles. The molecule has 0 spiro atoms. The van der Waals surface area contributed by atoms with E-state index in [9.17, 15) is 4.79 Å². The van der Waals surface area contributed by atoms with E-state index in [4.69, 9.17) is 0 Å². The summed E-state index contributed by atoms with van der Waals surface area (Å²) >= 11 is 3.32. The highest BCUT2D eigenvalue weighted by Crippen LogP contribution is 2.36. The Morgan fingerprint density at radius 2 is 1.96 bits per heavy atom. The molecule has 28 heavy (non-hydrogen) atoms. The molecule has 6 heteroatoms. The molecule has 0 radical (unpaired) electrons. The van der Waals surface area contributed by atoms with Crippen LogP contribution in [0.4, 0.5) is 0 Å². The molecule has 1 fully saturated rings. The molecule has 2 aromatic heterocycles. The Hall–Kier alpha value is -2.18. The zero-order valence-corrected chi connectivity index (χ0v) is 17.7. The lowest BCUT2D eigenvalue weighted by Crippen LogP contribution is -2.30. The van der Waals surface area contributed by atoms with Gasteiger partial charge in [0.2, 0.25) is 0 Å². The molecule has 4 nitrogen and oxygen atoms in total. The van der Waals surface area contributed by atoms with Gasteiger partial charge in [-0.25, -0.2) is 9.97 Å². The maximum atomic E-state index is 13.4. The van der Waals surface area contributed by atoms with Crippen molar-refractivity contribution in [3.8, 4) is 0 Å². The highest BCUT2D eigenvalue weighted by atomic mass is 32.2.